The summed E-state index contributed by atoms with van der Waals surface area (Å²) in [6, 6.07) is 14.5. The van der Waals surface area contributed by atoms with E-state index in [1.165, 1.54) is 6.92 Å². The summed E-state index contributed by atoms with van der Waals surface area (Å²) in [5.41, 5.74) is 0.590. The number of nitrogens with zero attached hydrogens (tertiary/aromatic N) is 1. The third-order valence-electron chi connectivity index (χ3n) is 4.46. The zero-order chi connectivity index (χ0) is 19.9. The average Bonchev–Trinajstić information content (AvgIpc) is 3.09. The summed E-state index contributed by atoms with van der Waals surface area (Å²) in [6.45, 7) is 2.87. The van der Waals surface area contributed by atoms with Crippen LogP contribution < -0.4 is 14.8 Å². The highest BCUT2D eigenvalue weighted by molar-refractivity contribution is 6.30. The third-order valence-corrected chi connectivity index (χ3v) is 4.72. The lowest BCUT2D eigenvalue weighted by Gasteiger charge is -2.27. The van der Waals surface area contributed by atoms with Crippen LogP contribution in [0.1, 0.15) is 19.8 Å². The molecule has 150 valence electrons. The van der Waals surface area contributed by atoms with Crippen LogP contribution in [-0.2, 0) is 4.79 Å². The van der Waals surface area contributed by atoms with Crippen LogP contribution >= 0.6 is 11.6 Å². The maximum absolute atomic E-state index is 11.3. The highest BCUT2D eigenvalue weighted by Gasteiger charge is 2.28. The number of hydrogen-bond donors (Lipinski definition) is 2. The second-order valence-corrected chi connectivity index (χ2v) is 7.24. The van der Waals surface area contributed by atoms with Gasteiger partial charge in [-0.05, 0) is 49.2 Å². The van der Waals surface area contributed by atoms with Gasteiger partial charge in [0.15, 0.2) is 6.23 Å². The Balaban J connectivity index is 1.52. The molecule has 1 aliphatic heterocycles. The molecule has 1 heterocycles. The summed E-state index contributed by atoms with van der Waals surface area (Å²) in [7, 11) is 0. The zero-order valence-corrected chi connectivity index (χ0v) is 16.6. The van der Waals surface area contributed by atoms with Crippen LogP contribution in [0, 0.1) is 0 Å². The van der Waals surface area contributed by atoms with Crippen molar-refractivity contribution in [3.63, 3.8) is 0 Å². The molecule has 0 spiro atoms. The van der Waals surface area contributed by atoms with Crippen molar-refractivity contribution in [1.29, 1.82) is 0 Å². The van der Waals surface area contributed by atoms with E-state index in [1.54, 1.807) is 24.3 Å². The van der Waals surface area contributed by atoms with Gasteiger partial charge in [0.05, 0.1) is 5.69 Å². The molecule has 0 saturated carbocycles. The Labute approximate surface area is 170 Å². The van der Waals surface area contributed by atoms with E-state index in [0.717, 1.165) is 25.1 Å². The van der Waals surface area contributed by atoms with E-state index in [1.807, 2.05) is 24.3 Å². The number of amides is 1. The van der Waals surface area contributed by atoms with E-state index in [4.69, 9.17) is 21.1 Å². The molecule has 1 fully saturated rings. The highest BCUT2D eigenvalue weighted by atomic mass is 35.5. The lowest BCUT2D eigenvalue weighted by molar-refractivity contribution is -0.114. The van der Waals surface area contributed by atoms with Crippen molar-refractivity contribution in [2.75, 3.05) is 25.0 Å². The number of carbonyl (C=O) groups is 1. The van der Waals surface area contributed by atoms with E-state index in [-0.39, 0.29) is 18.7 Å². The Morgan fingerprint density at radius 2 is 2.04 bits per heavy atom. The summed E-state index contributed by atoms with van der Waals surface area (Å²) < 4.78 is 11.8. The third kappa shape index (κ3) is 5.86. The van der Waals surface area contributed by atoms with Gasteiger partial charge < -0.3 is 19.9 Å². The van der Waals surface area contributed by atoms with Crippen LogP contribution in [0.25, 0.3) is 0 Å². The van der Waals surface area contributed by atoms with Crippen molar-refractivity contribution in [3.8, 4) is 11.5 Å². The first kappa shape index (κ1) is 20.5. The molecule has 0 radical (unpaired) electrons. The number of nitrogens with one attached hydrogen (secondary N) is 1. The first-order chi connectivity index (χ1) is 13.5. The van der Waals surface area contributed by atoms with Crippen LogP contribution in [0.4, 0.5) is 5.69 Å². The molecule has 2 N–H and O–H groups in total. The number of hydrogen-bond acceptors (Lipinski definition) is 5. The number of aliphatic hydroxyl groups excluding tert-OH is 1. The fourth-order valence-electron chi connectivity index (χ4n) is 3.20. The molecule has 6 nitrogen and oxygen atoms in total. The number of ether oxygens (including phenoxy) is 2. The fourth-order valence-corrected chi connectivity index (χ4v) is 3.33. The van der Waals surface area contributed by atoms with E-state index < -0.39 is 6.10 Å². The summed E-state index contributed by atoms with van der Waals surface area (Å²) in [5, 5.41) is 13.8. The number of rotatable bonds is 8. The molecular formula is C21H25ClN2O4. The largest absolute Gasteiger partial charge is 0.489 e. The number of para-hydroxylation sites is 2. The summed E-state index contributed by atoms with van der Waals surface area (Å²) >= 11 is 5.91. The number of aliphatic hydroxyl groups is 1. The van der Waals surface area contributed by atoms with E-state index in [2.05, 4.69) is 10.2 Å². The molecule has 2 unspecified atom stereocenters. The second kappa shape index (κ2) is 9.78. The fraction of sp³-hybridized carbons (Fsp3) is 0.381. The van der Waals surface area contributed by atoms with Crippen molar-refractivity contribution in [2.24, 2.45) is 0 Å². The number of halogens is 1. The zero-order valence-electron chi connectivity index (χ0n) is 15.8. The summed E-state index contributed by atoms with van der Waals surface area (Å²) in [6.07, 6.45) is 1.15. The van der Waals surface area contributed by atoms with Crippen molar-refractivity contribution in [3.05, 3.63) is 53.6 Å². The van der Waals surface area contributed by atoms with Crippen LogP contribution in [0.3, 0.4) is 0 Å². The van der Waals surface area contributed by atoms with Gasteiger partial charge in [-0.3, -0.25) is 9.69 Å². The Bertz CT molecular complexity index is 784. The molecule has 1 saturated heterocycles. The van der Waals surface area contributed by atoms with Crippen LogP contribution in [0.2, 0.25) is 5.02 Å². The second-order valence-electron chi connectivity index (χ2n) is 6.81. The Morgan fingerprint density at radius 1 is 1.29 bits per heavy atom. The molecule has 28 heavy (non-hydrogen) atoms. The molecule has 1 amide bonds. The number of carbonyl (C=O) groups excluding carboxylic acids is 1. The molecule has 0 aromatic heterocycles. The van der Waals surface area contributed by atoms with Crippen LogP contribution in [0.5, 0.6) is 11.5 Å². The molecule has 0 aliphatic carbocycles. The standard InChI is InChI=1S/C21H25ClN2O4/c1-15(25)23-19-5-2-3-6-20(19)27-14-17(26)13-24-12-4-7-21(24)28-18-10-8-16(22)9-11-18/h2-3,5-6,8-11,17,21,26H,4,7,12-14H2,1H3,(H,23,25). The number of benzene rings is 2. The van der Waals surface area contributed by atoms with Gasteiger partial charge in [0.25, 0.3) is 0 Å². The summed E-state index contributed by atoms with van der Waals surface area (Å²) in [5.74, 6) is 1.12. The maximum Gasteiger partial charge on any atom is 0.221 e. The molecule has 2 aromatic rings. The molecule has 2 atom stereocenters. The van der Waals surface area contributed by atoms with Crippen molar-refractivity contribution < 1.29 is 19.4 Å². The predicted molar refractivity (Wildman–Crippen MR) is 109 cm³/mol. The summed E-state index contributed by atoms with van der Waals surface area (Å²) in [4.78, 5) is 13.4. The number of β-amino-alcohol motifs (C(OH)–C–C–N with tert-alkyl or cyclic N) is 1. The van der Waals surface area contributed by atoms with Crippen molar-refractivity contribution in [2.45, 2.75) is 32.1 Å². The van der Waals surface area contributed by atoms with Gasteiger partial charge in [0.1, 0.15) is 24.2 Å². The van der Waals surface area contributed by atoms with Crippen molar-refractivity contribution >= 4 is 23.2 Å². The van der Waals surface area contributed by atoms with E-state index in [0.29, 0.717) is 23.0 Å². The first-order valence-electron chi connectivity index (χ1n) is 9.35. The minimum Gasteiger partial charge on any atom is -0.489 e. The quantitative estimate of drug-likeness (QED) is 0.704. The minimum atomic E-state index is -0.681. The molecule has 1 aliphatic rings. The molecule has 3 rings (SSSR count). The predicted octanol–water partition coefficient (Wildman–Crippen LogP) is 3.54. The van der Waals surface area contributed by atoms with Gasteiger partial charge in [-0.25, -0.2) is 0 Å². The minimum absolute atomic E-state index is 0.0810. The Morgan fingerprint density at radius 3 is 2.79 bits per heavy atom. The Hall–Kier alpha value is -2.28. The van der Waals surface area contributed by atoms with Gasteiger partial charge >= 0.3 is 0 Å². The van der Waals surface area contributed by atoms with Gasteiger partial charge in [-0.15, -0.1) is 0 Å². The van der Waals surface area contributed by atoms with E-state index in [9.17, 15) is 9.90 Å². The normalized spacial score (nSPS) is 17.9. The molecular weight excluding hydrogens is 380 g/mol. The maximum atomic E-state index is 11.3. The Kier molecular flexibility index (Phi) is 7.14. The van der Waals surface area contributed by atoms with Gasteiger partial charge in [0, 0.05) is 25.0 Å². The van der Waals surface area contributed by atoms with Crippen LogP contribution in [-0.4, -0.2) is 47.9 Å². The van der Waals surface area contributed by atoms with Gasteiger partial charge in [0.2, 0.25) is 5.91 Å². The van der Waals surface area contributed by atoms with Gasteiger partial charge in [-0.2, -0.15) is 0 Å². The van der Waals surface area contributed by atoms with Crippen LogP contribution in [0.15, 0.2) is 48.5 Å². The molecule has 2 aromatic carbocycles. The highest BCUT2D eigenvalue weighted by Crippen LogP contribution is 2.25. The lowest BCUT2D eigenvalue weighted by atomic mass is 10.3. The average molecular weight is 405 g/mol. The monoisotopic (exact) mass is 404 g/mol. The smallest absolute Gasteiger partial charge is 0.221 e. The first-order valence-corrected chi connectivity index (χ1v) is 9.73. The lowest BCUT2D eigenvalue weighted by Crippen LogP contribution is -2.41. The molecule has 7 heteroatoms. The number of likely N-dealkylation sites (tertiary alicyclic amines) is 1. The van der Waals surface area contributed by atoms with Crippen molar-refractivity contribution in [1.82, 2.24) is 4.90 Å². The van der Waals surface area contributed by atoms with Gasteiger partial charge in [-0.1, -0.05) is 23.7 Å². The number of anilines is 1. The van der Waals surface area contributed by atoms with E-state index >= 15 is 0 Å². The molecule has 0 bridgehead atoms. The topological polar surface area (TPSA) is 71.0 Å². The SMILES string of the molecule is CC(=O)Nc1ccccc1OCC(O)CN1CCCC1Oc1ccc(Cl)cc1.